The average molecular weight is 880 g/mol. The number of ether oxygens (including phenoxy) is 4. The number of nitrogens with zero attached hydrogens (tertiary/aromatic N) is 1. The molecule has 0 aliphatic carbocycles. The number of aliphatic hydroxyl groups excluding tert-OH is 1. The molecule has 0 aliphatic rings. The molecular formula is C41H71F10NO7. The molecule has 1 N–H and O–H groups in total. The summed E-state index contributed by atoms with van der Waals surface area (Å²) in [5.74, 6) is -10.5. The van der Waals surface area contributed by atoms with Crippen LogP contribution in [0.2, 0.25) is 0 Å². The molecule has 0 aromatic carbocycles. The fraction of sp³-hybridized carbons (Fsp3) is 0.951. The molecule has 0 radical (unpaired) electrons. The summed E-state index contributed by atoms with van der Waals surface area (Å²) in [5, 5.41) is 9.46. The molecule has 0 aromatic rings. The molecule has 18 heteroatoms. The Morgan fingerprint density at radius 3 is 1.32 bits per heavy atom. The van der Waals surface area contributed by atoms with Crippen molar-refractivity contribution >= 4 is 11.9 Å². The van der Waals surface area contributed by atoms with E-state index < -0.39 is 62.1 Å². The first-order chi connectivity index (χ1) is 27.9. The smallest absolute Gasteiger partial charge is 0.453 e. The fourth-order valence-corrected chi connectivity index (χ4v) is 6.04. The Kier molecular flexibility index (Phi) is 32.6. The summed E-state index contributed by atoms with van der Waals surface area (Å²) in [6.45, 7) is 4.46. The summed E-state index contributed by atoms with van der Waals surface area (Å²) in [6, 6.07) is 0. The maximum atomic E-state index is 13.1. The monoisotopic (exact) mass is 880 g/mol. The average Bonchev–Trinajstić information content (AvgIpc) is 3.15. The van der Waals surface area contributed by atoms with E-state index in [-0.39, 0.29) is 58.1 Å². The fourth-order valence-electron chi connectivity index (χ4n) is 6.04. The lowest BCUT2D eigenvalue weighted by atomic mass is 10.1. The van der Waals surface area contributed by atoms with Crippen LogP contribution >= 0.6 is 0 Å². The SMILES string of the molecule is CCCCCCCCCOC(=O)CCCCCCCN(CCO)CCCCCCOC(=O)CCC(OCCCCC(F)(F)C(F)(F)F)OCCCCC(F)(F)C(F)(F)F. The van der Waals surface area contributed by atoms with Gasteiger partial charge in [-0.05, 0) is 70.9 Å². The Labute approximate surface area is 344 Å². The second kappa shape index (κ2) is 33.7. The number of carbonyl (C=O) groups excluding carboxylic acids is 2. The van der Waals surface area contributed by atoms with Crippen LogP contribution in [0.25, 0.3) is 0 Å². The van der Waals surface area contributed by atoms with Gasteiger partial charge in [0.15, 0.2) is 6.29 Å². The summed E-state index contributed by atoms with van der Waals surface area (Å²) in [7, 11) is 0. The predicted molar refractivity (Wildman–Crippen MR) is 204 cm³/mol. The Morgan fingerprint density at radius 1 is 0.492 bits per heavy atom. The lowest BCUT2D eigenvalue weighted by Crippen LogP contribution is -2.36. The van der Waals surface area contributed by atoms with Gasteiger partial charge in [0.25, 0.3) is 0 Å². The summed E-state index contributed by atoms with van der Waals surface area (Å²) < 4.78 is 148. The second-order valence-corrected chi connectivity index (χ2v) is 15.1. The molecule has 0 aromatic heterocycles. The maximum absolute atomic E-state index is 13.1. The highest BCUT2D eigenvalue weighted by Gasteiger charge is 2.57. The highest BCUT2D eigenvalue weighted by molar-refractivity contribution is 5.69. The number of hydrogen-bond acceptors (Lipinski definition) is 8. The van der Waals surface area contributed by atoms with Crippen LogP contribution in [0.3, 0.4) is 0 Å². The van der Waals surface area contributed by atoms with Crippen molar-refractivity contribution in [3.63, 3.8) is 0 Å². The molecule has 0 unspecified atom stereocenters. The van der Waals surface area contributed by atoms with E-state index in [1.165, 1.54) is 32.1 Å². The van der Waals surface area contributed by atoms with Gasteiger partial charge in [0.2, 0.25) is 0 Å². The van der Waals surface area contributed by atoms with Crippen LogP contribution in [0.4, 0.5) is 43.9 Å². The highest BCUT2D eigenvalue weighted by Crippen LogP contribution is 2.40. The number of hydrogen-bond donors (Lipinski definition) is 1. The number of alkyl halides is 10. The van der Waals surface area contributed by atoms with Gasteiger partial charge in [0.05, 0.1) is 26.2 Å². The molecule has 352 valence electrons. The molecule has 59 heavy (non-hydrogen) atoms. The maximum Gasteiger partial charge on any atom is 0.453 e. The van der Waals surface area contributed by atoms with Crippen molar-refractivity contribution in [2.24, 2.45) is 0 Å². The largest absolute Gasteiger partial charge is 0.466 e. The van der Waals surface area contributed by atoms with Crippen LogP contribution in [0.1, 0.15) is 167 Å². The normalized spacial score (nSPS) is 12.8. The Balaban J connectivity index is 4.28. The molecular weight excluding hydrogens is 808 g/mol. The summed E-state index contributed by atoms with van der Waals surface area (Å²) >= 11 is 0. The third kappa shape index (κ3) is 31.6. The van der Waals surface area contributed by atoms with Crippen LogP contribution in [0.5, 0.6) is 0 Å². The van der Waals surface area contributed by atoms with Crippen molar-refractivity contribution in [1.82, 2.24) is 4.90 Å². The summed E-state index contributed by atoms with van der Waals surface area (Å²) in [4.78, 5) is 26.4. The van der Waals surface area contributed by atoms with E-state index in [0.29, 0.717) is 26.0 Å². The Bertz CT molecular complexity index is 1000. The van der Waals surface area contributed by atoms with Crippen LogP contribution in [0.15, 0.2) is 0 Å². The number of rotatable bonds is 40. The van der Waals surface area contributed by atoms with Gasteiger partial charge >= 0.3 is 36.1 Å². The second-order valence-electron chi connectivity index (χ2n) is 15.1. The standard InChI is InChI=1S/C41H71F10NO7/c1-2-3-4-5-6-11-18-31-56-35(54)22-13-8-7-9-16-27-52(29-30-53)28-17-10-12-19-32-57-36(55)23-24-37(58-33-20-14-25-38(42,43)40(46,47)48)59-34-21-15-26-39(44,45)41(49,50)51/h37,53H,2-34H2,1H3. The van der Waals surface area contributed by atoms with Gasteiger partial charge in [0, 0.05) is 45.4 Å². The third-order valence-electron chi connectivity index (χ3n) is 9.71. The molecule has 0 bridgehead atoms. The number of unbranched alkanes of at least 4 members (excludes halogenated alkanes) is 15. The minimum Gasteiger partial charge on any atom is -0.466 e. The number of carbonyl (C=O) groups is 2. The van der Waals surface area contributed by atoms with Gasteiger partial charge < -0.3 is 29.0 Å². The quantitative estimate of drug-likeness (QED) is 0.0281. The van der Waals surface area contributed by atoms with E-state index in [2.05, 4.69) is 11.8 Å². The van der Waals surface area contributed by atoms with Crippen molar-refractivity contribution < 1.29 is 77.5 Å². The summed E-state index contributed by atoms with van der Waals surface area (Å²) in [6.07, 6.45) is -0.820. The van der Waals surface area contributed by atoms with Crippen molar-refractivity contribution in [2.45, 2.75) is 198 Å². The van der Waals surface area contributed by atoms with E-state index >= 15 is 0 Å². The molecule has 8 nitrogen and oxygen atoms in total. The van der Waals surface area contributed by atoms with E-state index in [1.54, 1.807) is 0 Å². The topological polar surface area (TPSA) is 94.5 Å². The number of aliphatic hydroxyl groups is 1. The number of halogens is 10. The molecule has 0 fully saturated rings. The zero-order valence-electron chi connectivity index (χ0n) is 35.0. The zero-order valence-corrected chi connectivity index (χ0v) is 35.0. The highest BCUT2D eigenvalue weighted by atomic mass is 19.4. The molecule has 0 heterocycles. The van der Waals surface area contributed by atoms with Gasteiger partial charge in [-0.15, -0.1) is 0 Å². The van der Waals surface area contributed by atoms with Crippen molar-refractivity contribution in [3.05, 3.63) is 0 Å². The van der Waals surface area contributed by atoms with Gasteiger partial charge in [-0.1, -0.05) is 77.6 Å². The molecule has 0 rings (SSSR count). The van der Waals surface area contributed by atoms with E-state index in [9.17, 15) is 58.6 Å². The lowest BCUT2D eigenvalue weighted by Gasteiger charge is -2.21. The first-order valence-corrected chi connectivity index (χ1v) is 21.6. The van der Waals surface area contributed by atoms with Crippen molar-refractivity contribution in [1.29, 1.82) is 0 Å². The minimum absolute atomic E-state index is 0.0512. The first kappa shape index (κ1) is 57.1. The van der Waals surface area contributed by atoms with Crippen LogP contribution in [0, 0.1) is 0 Å². The van der Waals surface area contributed by atoms with Gasteiger partial charge in [-0.25, -0.2) is 0 Å². The van der Waals surface area contributed by atoms with Crippen LogP contribution in [-0.2, 0) is 28.5 Å². The zero-order chi connectivity index (χ0) is 44.5. The van der Waals surface area contributed by atoms with Crippen LogP contribution in [-0.4, -0.2) is 105 Å². The van der Waals surface area contributed by atoms with Gasteiger partial charge in [0.1, 0.15) is 0 Å². The van der Waals surface area contributed by atoms with E-state index in [0.717, 1.165) is 77.3 Å². The molecule has 0 atom stereocenters. The molecule has 0 saturated heterocycles. The third-order valence-corrected chi connectivity index (χ3v) is 9.71. The Hall–Kier alpha value is -1.92. The predicted octanol–water partition coefficient (Wildman–Crippen LogP) is 11.9. The van der Waals surface area contributed by atoms with Gasteiger partial charge in [-0.2, -0.15) is 43.9 Å². The molecule has 0 spiro atoms. The lowest BCUT2D eigenvalue weighted by molar-refractivity contribution is -0.285. The molecule has 0 aliphatic heterocycles. The van der Waals surface area contributed by atoms with Gasteiger partial charge in [-0.3, -0.25) is 9.59 Å². The van der Waals surface area contributed by atoms with E-state index in [4.69, 9.17) is 18.9 Å². The minimum atomic E-state index is -5.70. The summed E-state index contributed by atoms with van der Waals surface area (Å²) in [5.41, 5.74) is 0. The van der Waals surface area contributed by atoms with Crippen LogP contribution < -0.4 is 0 Å². The van der Waals surface area contributed by atoms with Crippen molar-refractivity contribution in [3.8, 4) is 0 Å². The van der Waals surface area contributed by atoms with E-state index in [1.807, 2.05) is 0 Å². The molecule has 0 saturated carbocycles. The Morgan fingerprint density at radius 2 is 0.881 bits per heavy atom. The number of esters is 2. The first-order valence-electron chi connectivity index (χ1n) is 21.6. The molecule has 0 amide bonds. The van der Waals surface area contributed by atoms with Crippen molar-refractivity contribution in [2.75, 3.05) is 52.7 Å².